The van der Waals surface area contributed by atoms with Gasteiger partial charge in [0.25, 0.3) is 0 Å². The molecule has 0 aliphatic heterocycles. The number of hydrogen-bond donors (Lipinski definition) is 2. The van der Waals surface area contributed by atoms with E-state index < -0.39 is 5.91 Å². The molecule has 1 amide bonds. The van der Waals surface area contributed by atoms with E-state index in [1.165, 1.54) is 4.68 Å². The van der Waals surface area contributed by atoms with Gasteiger partial charge < -0.3 is 11.6 Å². The maximum atomic E-state index is 10.8. The van der Waals surface area contributed by atoms with Crippen molar-refractivity contribution in [2.24, 2.45) is 5.73 Å². The molecule has 4 N–H and O–H groups in total. The maximum Gasteiger partial charge on any atom is 0.248 e. The Bertz CT molecular complexity index is 473. The van der Waals surface area contributed by atoms with Crippen LogP contribution in [0.3, 0.4) is 0 Å². The Hall–Kier alpha value is -1.97. The number of aromatic nitrogens is 1. The first-order valence-electron chi connectivity index (χ1n) is 3.84. The first-order valence-corrected chi connectivity index (χ1v) is 3.84. The number of carbonyl (C=O) groups is 1. The van der Waals surface area contributed by atoms with E-state index >= 15 is 0 Å². The maximum absolute atomic E-state index is 10.8. The van der Waals surface area contributed by atoms with Crippen LogP contribution in [0.1, 0.15) is 10.4 Å². The van der Waals surface area contributed by atoms with E-state index in [1.54, 1.807) is 24.4 Å². The average molecular weight is 175 g/mol. The lowest BCUT2D eigenvalue weighted by atomic mass is 10.1. The van der Waals surface area contributed by atoms with Crippen molar-refractivity contribution >= 4 is 16.8 Å². The van der Waals surface area contributed by atoms with Gasteiger partial charge in [0, 0.05) is 17.1 Å². The second-order valence-corrected chi connectivity index (χ2v) is 2.86. The molecule has 13 heavy (non-hydrogen) atoms. The van der Waals surface area contributed by atoms with Gasteiger partial charge in [0.15, 0.2) is 0 Å². The van der Waals surface area contributed by atoms with Gasteiger partial charge >= 0.3 is 0 Å². The quantitative estimate of drug-likeness (QED) is 0.617. The van der Waals surface area contributed by atoms with Crippen molar-refractivity contribution in [1.82, 2.24) is 4.68 Å². The minimum absolute atomic E-state index is 0.424. The molecule has 0 radical (unpaired) electrons. The van der Waals surface area contributed by atoms with Gasteiger partial charge in [-0.2, -0.15) is 0 Å². The van der Waals surface area contributed by atoms with Crippen molar-refractivity contribution in [2.45, 2.75) is 0 Å². The molecule has 1 heterocycles. The molecule has 66 valence electrons. The van der Waals surface area contributed by atoms with Crippen LogP contribution in [0, 0.1) is 0 Å². The molecule has 0 aliphatic rings. The predicted molar refractivity (Wildman–Crippen MR) is 50.6 cm³/mol. The fraction of sp³-hybridized carbons (Fsp3) is 0. The highest BCUT2D eigenvalue weighted by Gasteiger charge is 2.03. The van der Waals surface area contributed by atoms with Crippen molar-refractivity contribution in [1.29, 1.82) is 0 Å². The van der Waals surface area contributed by atoms with Gasteiger partial charge in [-0.3, -0.25) is 9.47 Å². The molecule has 4 nitrogen and oxygen atoms in total. The molecule has 1 aromatic heterocycles. The second-order valence-electron chi connectivity index (χ2n) is 2.86. The Labute approximate surface area is 74.7 Å². The van der Waals surface area contributed by atoms with E-state index in [1.807, 2.05) is 6.07 Å². The van der Waals surface area contributed by atoms with Gasteiger partial charge in [0.1, 0.15) is 0 Å². The fourth-order valence-electron chi connectivity index (χ4n) is 1.32. The number of carbonyl (C=O) groups excluding carboxylic acids is 1. The third kappa shape index (κ3) is 1.12. The number of primary amides is 1. The van der Waals surface area contributed by atoms with Crippen molar-refractivity contribution in [2.75, 3.05) is 5.84 Å². The Kier molecular flexibility index (Phi) is 1.48. The number of amides is 1. The topological polar surface area (TPSA) is 74.0 Å². The van der Waals surface area contributed by atoms with Crippen LogP contribution in [0.25, 0.3) is 10.9 Å². The molecule has 0 aliphatic carbocycles. The van der Waals surface area contributed by atoms with Crippen LogP contribution in [0.2, 0.25) is 0 Å². The highest BCUT2D eigenvalue weighted by Crippen LogP contribution is 2.15. The fourth-order valence-corrected chi connectivity index (χ4v) is 1.32. The molecule has 0 atom stereocenters. The van der Waals surface area contributed by atoms with Gasteiger partial charge in [-0.25, -0.2) is 0 Å². The Morgan fingerprint density at radius 3 is 2.77 bits per heavy atom. The Balaban J connectivity index is 2.70. The average Bonchev–Trinajstić information content (AvgIpc) is 2.47. The molecule has 0 saturated carbocycles. The first-order chi connectivity index (χ1) is 6.18. The molecule has 2 rings (SSSR count). The lowest BCUT2D eigenvalue weighted by Crippen LogP contribution is -2.11. The zero-order chi connectivity index (χ0) is 9.42. The summed E-state index contributed by atoms with van der Waals surface area (Å²) in [6.45, 7) is 0. The normalized spacial score (nSPS) is 10.5. The molecular formula is C9H9N3O. The van der Waals surface area contributed by atoms with E-state index in [-0.39, 0.29) is 0 Å². The van der Waals surface area contributed by atoms with E-state index in [0.717, 1.165) is 10.9 Å². The summed E-state index contributed by atoms with van der Waals surface area (Å²) < 4.78 is 1.50. The number of benzene rings is 1. The van der Waals surface area contributed by atoms with Crippen LogP contribution in [0.4, 0.5) is 0 Å². The SMILES string of the molecule is NC(=O)c1ccc2c(ccn2N)c1. The number of fused-ring (bicyclic) bond motifs is 1. The lowest BCUT2D eigenvalue weighted by molar-refractivity contribution is 0.100. The largest absolute Gasteiger partial charge is 0.366 e. The van der Waals surface area contributed by atoms with E-state index in [4.69, 9.17) is 11.6 Å². The summed E-state index contributed by atoms with van der Waals surface area (Å²) in [6.07, 6.45) is 1.73. The summed E-state index contributed by atoms with van der Waals surface area (Å²) in [7, 11) is 0. The monoisotopic (exact) mass is 175 g/mol. The molecule has 0 unspecified atom stereocenters. The van der Waals surface area contributed by atoms with Crippen LogP contribution in [0.15, 0.2) is 30.5 Å². The van der Waals surface area contributed by atoms with Crippen LogP contribution in [-0.4, -0.2) is 10.6 Å². The molecule has 4 heteroatoms. The highest BCUT2D eigenvalue weighted by molar-refractivity contribution is 5.97. The summed E-state index contributed by atoms with van der Waals surface area (Å²) in [6, 6.07) is 6.99. The second kappa shape index (κ2) is 2.52. The van der Waals surface area contributed by atoms with Crippen molar-refractivity contribution in [3.8, 4) is 0 Å². The van der Waals surface area contributed by atoms with Gasteiger partial charge in [-0.1, -0.05) is 0 Å². The highest BCUT2D eigenvalue weighted by atomic mass is 16.1. The molecule has 0 fully saturated rings. The molecule has 1 aromatic carbocycles. The van der Waals surface area contributed by atoms with Crippen LogP contribution in [0.5, 0.6) is 0 Å². The molecule has 0 spiro atoms. The predicted octanol–water partition coefficient (Wildman–Crippen LogP) is 0.454. The lowest BCUT2D eigenvalue weighted by Gasteiger charge is -1.97. The van der Waals surface area contributed by atoms with Crippen LogP contribution in [-0.2, 0) is 0 Å². The van der Waals surface area contributed by atoms with Crippen molar-refractivity contribution in [3.05, 3.63) is 36.0 Å². The van der Waals surface area contributed by atoms with E-state index in [2.05, 4.69) is 0 Å². The van der Waals surface area contributed by atoms with E-state index in [0.29, 0.717) is 5.56 Å². The zero-order valence-corrected chi connectivity index (χ0v) is 6.90. The first kappa shape index (κ1) is 7.67. The van der Waals surface area contributed by atoms with Gasteiger partial charge in [-0.05, 0) is 24.3 Å². The minimum Gasteiger partial charge on any atom is -0.366 e. The number of nitrogen functional groups attached to an aromatic ring is 1. The summed E-state index contributed by atoms with van der Waals surface area (Å²) in [5.74, 6) is 5.18. The smallest absolute Gasteiger partial charge is 0.248 e. The third-order valence-electron chi connectivity index (χ3n) is 2.00. The summed E-state index contributed by atoms with van der Waals surface area (Å²) in [5, 5.41) is 0.916. The van der Waals surface area contributed by atoms with Gasteiger partial charge in [0.2, 0.25) is 5.91 Å². The number of hydrogen-bond acceptors (Lipinski definition) is 2. The molecular weight excluding hydrogens is 166 g/mol. The molecule has 0 bridgehead atoms. The number of rotatable bonds is 1. The Morgan fingerprint density at radius 2 is 2.08 bits per heavy atom. The summed E-state index contributed by atoms with van der Waals surface area (Å²) in [5.41, 5.74) is 6.51. The molecule has 0 saturated heterocycles. The number of nitrogens with two attached hydrogens (primary N) is 2. The third-order valence-corrected chi connectivity index (χ3v) is 2.00. The number of nitrogens with zero attached hydrogens (tertiary/aromatic N) is 1. The van der Waals surface area contributed by atoms with E-state index in [9.17, 15) is 4.79 Å². The standard InChI is InChI=1S/C9H9N3O/c10-9(13)7-1-2-8-6(5-7)3-4-12(8)11/h1-5H,11H2,(H2,10,13). The minimum atomic E-state index is -0.424. The summed E-state index contributed by atoms with van der Waals surface area (Å²) in [4.78, 5) is 10.8. The van der Waals surface area contributed by atoms with Crippen LogP contribution >= 0.6 is 0 Å². The zero-order valence-electron chi connectivity index (χ0n) is 6.90. The molecule has 2 aromatic rings. The van der Waals surface area contributed by atoms with Crippen molar-refractivity contribution < 1.29 is 4.79 Å². The summed E-state index contributed by atoms with van der Waals surface area (Å²) >= 11 is 0. The Morgan fingerprint density at radius 1 is 1.31 bits per heavy atom. The van der Waals surface area contributed by atoms with Crippen molar-refractivity contribution in [3.63, 3.8) is 0 Å². The van der Waals surface area contributed by atoms with Gasteiger partial charge in [-0.15, -0.1) is 0 Å². The van der Waals surface area contributed by atoms with Gasteiger partial charge in [0.05, 0.1) is 5.52 Å². The van der Waals surface area contributed by atoms with Crippen LogP contribution < -0.4 is 11.6 Å².